The first-order chi connectivity index (χ1) is 13.3. The van der Waals surface area contributed by atoms with Gasteiger partial charge in [0, 0.05) is 22.8 Å². The van der Waals surface area contributed by atoms with E-state index in [0.717, 1.165) is 47.7 Å². The lowest BCUT2D eigenvalue weighted by molar-refractivity contribution is 0.0985. The highest BCUT2D eigenvalue weighted by atomic mass is 32.2. The average molecular weight is 405 g/mol. The third-order valence-corrected chi connectivity index (χ3v) is 6.08. The highest BCUT2D eigenvalue weighted by molar-refractivity contribution is 8.00. The summed E-state index contributed by atoms with van der Waals surface area (Å²) < 4.78 is 7.43. The Bertz CT molecular complexity index is 893. The lowest BCUT2D eigenvalue weighted by Crippen LogP contribution is -2.44. The van der Waals surface area contributed by atoms with Crippen LogP contribution in [0.5, 0.6) is 0 Å². The first-order valence-electron chi connectivity index (χ1n) is 9.14. The largest absolute Gasteiger partial charge is 0.377 e. The summed E-state index contributed by atoms with van der Waals surface area (Å²) in [7, 11) is 0. The van der Waals surface area contributed by atoms with Crippen LogP contribution >= 0.6 is 24.4 Å². The molecule has 27 heavy (non-hydrogen) atoms. The molecule has 1 saturated carbocycles. The number of aromatic nitrogens is 5. The number of morpholine rings is 1. The predicted molar refractivity (Wildman–Crippen MR) is 112 cm³/mol. The van der Waals surface area contributed by atoms with Crippen molar-refractivity contribution in [1.82, 2.24) is 25.0 Å². The number of anilines is 1. The van der Waals surface area contributed by atoms with E-state index in [2.05, 4.69) is 45.8 Å². The van der Waals surface area contributed by atoms with E-state index < -0.39 is 0 Å². The zero-order chi connectivity index (χ0) is 18.8. The fourth-order valence-corrected chi connectivity index (χ4v) is 4.35. The number of fused-ring (bicyclic) bond motifs is 1. The van der Waals surface area contributed by atoms with Gasteiger partial charge in [-0.15, -0.1) is 11.8 Å². The quantitative estimate of drug-likeness (QED) is 0.651. The summed E-state index contributed by atoms with van der Waals surface area (Å²) in [6, 6.07) is 4.46. The minimum absolute atomic E-state index is 0.320. The molecule has 3 aromatic heterocycles. The van der Waals surface area contributed by atoms with Crippen molar-refractivity contribution in [2.45, 2.75) is 36.0 Å². The van der Waals surface area contributed by atoms with E-state index in [-0.39, 0.29) is 0 Å². The molecule has 2 fully saturated rings. The molecule has 1 unspecified atom stereocenters. The fourth-order valence-electron chi connectivity index (χ4n) is 3.18. The van der Waals surface area contributed by atoms with Gasteiger partial charge in [-0.3, -0.25) is 5.10 Å². The number of nitrogens with zero attached hydrogens (tertiary/aromatic N) is 5. The molecular formula is C18H24N6OS2. The van der Waals surface area contributed by atoms with Crippen molar-refractivity contribution in [3.63, 3.8) is 0 Å². The summed E-state index contributed by atoms with van der Waals surface area (Å²) in [4.78, 5) is 8.57. The minimum atomic E-state index is 0.320. The fraction of sp³-hybridized carbons (Fsp3) is 0.500. The Morgan fingerprint density at radius 3 is 2.89 bits per heavy atom. The van der Waals surface area contributed by atoms with E-state index in [1.165, 1.54) is 17.7 Å². The minimum Gasteiger partial charge on any atom is -0.377 e. The van der Waals surface area contributed by atoms with Gasteiger partial charge >= 0.3 is 0 Å². The molecule has 3 aromatic rings. The zero-order valence-corrected chi connectivity index (χ0v) is 17.2. The van der Waals surface area contributed by atoms with Crippen LogP contribution in [-0.4, -0.2) is 62.3 Å². The van der Waals surface area contributed by atoms with E-state index >= 15 is 0 Å². The topological polar surface area (TPSA) is 71.9 Å². The van der Waals surface area contributed by atoms with Gasteiger partial charge in [0.15, 0.2) is 11.5 Å². The molecule has 1 aliphatic carbocycles. The molecule has 1 N–H and O–H groups in total. The van der Waals surface area contributed by atoms with Gasteiger partial charge in [0.05, 0.1) is 37.0 Å². The second-order valence-corrected chi connectivity index (χ2v) is 7.99. The molecular weight excluding hydrogens is 380 g/mol. The number of ether oxygens (including phenoxy) is 1. The monoisotopic (exact) mass is 404 g/mol. The van der Waals surface area contributed by atoms with Crippen LogP contribution in [0.1, 0.15) is 19.8 Å². The van der Waals surface area contributed by atoms with E-state index in [1.54, 1.807) is 12.5 Å². The van der Waals surface area contributed by atoms with Gasteiger partial charge in [-0.1, -0.05) is 0 Å². The summed E-state index contributed by atoms with van der Waals surface area (Å²) in [6.07, 6.45) is 7.94. The lowest BCUT2D eigenvalue weighted by atomic mass is 10.2. The van der Waals surface area contributed by atoms with Crippen LogP contribution in [0.4, 0.5) is 5.82 Å². The number of rotatable bonds is 4. The second kappa shape index (κ2) is 8.12. The van der Waals surface area contributed by atoms with E-state index in [0.29, 0.717) is 6.04 Å². The smallest absolute Gasteiger partial charge is 0.168 e. The van der Waals surface area contributed by atoms with Crippen molar-refractivity contribution in [3.05, 3.63) is 24.5 Å². The van der Waals surface area contributed by atoms with Crippen molar-refractivity contribution in [3.8, 4) is 5.82 Å². The number of aromatic amines is 1. The standard InChI is InChI=1S/C17H20N6OS.CH4S/c1-11-10-24-7-6-22(11)16-8-14(25-12-2-3-12)13-9-19-23(17(13)20-16)15-4-5-18-21-15;1-2/h4-5,8-9,11-12H,2-3,6-7,10H2,1H3,(H,18,21);2H,1H3. The van der Waals surface area contributed by atoms with Crippen LogP contribution in [0.2, 0.25) is 0 Å². The Kier molecular flexibility index (Phi) is 5.60. The van der Waals surface area contributed by atoms with Gasteiger partial charge in [0.2, 0.25) is 0 Å². The van der Waals surface area contributed by atoms with Crippen LogP contribution in [-0.2, 0) is 4.74 Å². The van der Waals surface area contributed by atoms with E-state index in [1.807, 2.05) is 28.7 Å². The van der Waals surface area contributed by atoms with Gasteiger partial charge in [0.1, 0.15) is 5.82 Å². The molecule has 5 rings (SSSR count). The Morgan fingerprint density at radius 1 is 1.33 bits per heavy atom. The molecule has 0 aromatic carbocycles. The molecule has 144 valence electrons. The number of thiol groups is 1. The highest BCUT2D eigenvalue weighted by Gasteiger charge is 2.27. The molecule has 1 aliphatic heterocycles. The molecule has 0 radical (unpaired) electrons. The molecule has 1 saturated heterocycles. The van der Waals surface area contributed by atoms with Crippen molar-refractivity contribution in [2.75, 3.05) is 30.9 Å². The highest BCUT2D eigenvalue weighted by Crippen LogP contribution is 2.43. The maximum atomic E-state index is 5.59. The number of pyridine rings is 1. The molecule has 7 nitrogen and oxygen atoms in total. The number of H-pyrrole nitrogens is 1. The zero-order valence-electron chi connectivity index (χ0n) is 15.5. The van der Waals surface area contributed by atoms with Crippen LogP contribution in [0.15, 0.2) is 29.4 Å². The van der Waals surface area contributed by atoms with Crippen LogP contribution in [0.25, 0.3) is 16.9 Å². The second-order valence-electron chi connectivity index (χ2n) is 6.65. The summed E-state index contributed by atoms with van der Waals surface area (Å²) in [6.45, 7) is 4.54. The predicted octanol–water partition coefficient (Wildman–Crippen LogP) is 3.17. The Balaban J connectivity index is 0.000000872. The number of hydrogen-bond donors (Lipinski definition) is 2. The maximum Gasteiger partial charge on any atom is 0.168 e. The molecule has 1 atom stereocenters. The number of thioether (sulfide) groups is 1. The summed E-state index contributed by atoms with van der Waals surface area (Å²) in [5.74, 6) is 1.84. The molecule has 4 heterocycles. The lowest BCUT2D eigenvalue weighted by Gasteiger charge is -2.34. The Morgan fingerprint density at radius 2 is 2.19 bits per heavy atom. The van der Waals surface area contributed by atoms with Crippen molar-refractivity contribution >= 4 is 41.2 Å². The summed E-state index contributed by atoms with van der Waals surface area (Å²) >= 11 is 5.48. The Labute approximate surface area is 168 Å². The first kappa shape index (κ1) is 18.6. The van der Waals surface area contributed by atoms with E-state index in [9.17, 15) is 0 Å². The maximum absolute atomic E-state index is 5.59. The van der Waals surface area contributed by atoms with E-state index in [4.69, 9.17) is 9.72 Å². The number of nitrogens with one attached hydrogen (secondary N) is 1. The van der Waals surface area contributed by atoms with Gasteiger partial charge in [0.25, 0.3) is 0 Å². The van der Waals surface area contributed by atoms with Crippen LogP contribution in [0.3, 0.4) is 0 Å². The third kappa shape index (κ3) is 3.81. The SMILES string of the molecule is CC1COCCN1c1cc(SC2CC2)c2cnn(-c3ccn[nH]3)c2n1.CS. The normalized spacial score (nSPS) is 19.8. The molecule has 9 heteroatoms. The van der Waals surface area contributed by atoms with Gasteiger partial charge in [-0.2, -0.15) is 27.5 Å². The number of hydrogen-bond acceptors (Lipinski definition) is 7. The van der Waals surface area contributed by atoms with Crippen LogP contribution < -0.4 is 4.90 Å². The van der Waals surface area contributed by atoms with Crippen molar-refractivity contribution < 1.29 is 4.74 Å². The summed E-state index contributed by atoms with van der Waals surface area (Å²) in [5.41, 5.74) is 0.878. The van der Waals surface area contributed by atoms with Gasteiger partial charge in [-0.05, 0) is 32.1 Å². The average Bonchev–Trinajstić information content (AvgIpc) is 3.18. The van der Waals surface area contributed by atoms with Crippen molar-refractivity contribution in [1.29, 1.82) is 0 Å². The third-order valence-electron chi connectivity index (χ3n) is 4.68. The molecule has 2 aliphatic rings. The Hall–Kier alpha value is -1.71. The van der Waals surface area contributed by atoms with Gasteiger partial charge in [-0.25, -0.2) is 4.98 Å². The molecule has 0 spiro atoms. The summed E-state index contributed by atoms with van der Waals surface area (Å²) in [5, 5.41) is 13.4. The molecule has 0 amide bonds. The first-order valence-corrected chi connectivity index (χ1v) is 10.9. The van der Waals surface area contributed by atoms with Gasteiger partial charge < -0.3 is 9.64 Å². The molecule has 0 bridgehead atoms. The van der Waals surface area contributed by atoms with Crippen molar-refractivity contribution in [2.24, 2.45) is 0 Å². The van der Waals surface area contributed by atoms with Crippen LogP contribution in [0, 0.1) is 0 Å².